The highest BCUT2D eigenvalue weighted by molar-refractivity contribution is 6.08. The Morgan fingerprint density at radius 3 is 2.78 bits per heavy atom. The Kier molecular flexibility index (Phi) is 3.22. The first-order valence-corrected chi connectivity index (χ1v) is 7.72. The molecule has 23 heavy (non-hydrogen) atoms. The van der Waals surface area contributed by atoms with E-state index in [1.807, 2.05) is 30.3 Å². The van der Waals surface area contributed by atoms with Crippen LogP contribution in [0.5, 0.6) is 0 Å². The molecule has 1 aliphatic carbocycles. The smallest absolute Gasteiger partial charge is 0.276 e. The molecule has 2 heterocycles. The van der Waals surface area contributed by atoms with Gasteiger partial charge < -0.3 is 5.32 Å². The second kappa shape index (κ2) is 5.39. The summed E-state index contributed by atoms with van der Waals surface area (Å²) in [6.07, 6.45) is 5.14. The molecule has 3 aromatic rings. The molecule has 0 aliphatic heterocycles. The number of carbonyl (C=O) groups excluding carboxylic acids is 1. The zero-order valence-electron chi connectivity index (χ0n) is 12.5. The van der Waals surface area contributed by atoms with Crippen molar-refractivity contribution < 1.29 is 4.79 Å². The predicted molar refractivity (Wildman–Crippen MR) is 86.8 cm³/mol. The number of hydrogen-bond donors (Lipinski definition) is 2. The first-order valence-electron chi connectivity index (χ1n) is 7.72. The molecule has 6 nitrogen and oxygen atoms in total. The van der Waals surface area contributed by atoms with Gasteiger partial charge in [-0.05, 0) is 37.8 Å². The minimum absolute atomic E-state index is 0.0940. The van der Waals surface area contributed by atoms with Gasteiger partial charge in [-0.2, -0.15) is 0 Å². The van der Waals surface area contributed by atoms with E-state index in [9.17, 15) is 9.59 Å². The van der Waals surface area contributed by atoms with E-state index in [0.29, 0.717) is 16.9 Å². The molecule has 1 aliphatic rings. The standard InChI is InChI=1S/C17H16N4O2/c22-16(19-11-6-2-1-3-7-11)13-10-18-21-15(13)20-14-9-5-4-8-12(14)17(21)23/h1-3,6-7,10,18H,4-5,8-9H2,(H,19,22). The second-order valence-corrected chi connectivity index (χ2v) is 5.72. The maximum absolute atomic E-state index is 12.5. The van der Waals surface area contributed by atoms with Gasteiger partial charge in [0.15, 0.2) is 5.65 Å². The van der Waals surface area contributed by atoms with Gasteiger partial charge in [-0.25, -0.2) is 9.50 Å². The Morgan fingerprint density at radius 1 is 1.17 bits per heavy atom. The van der Waals surface area contributed by atoms with E-state index < -0.39 is 0 Å². The van der Waals surface area contributed by atoms with Crippen LogP contribution in [-0.2, 0) is 12.8 Å². The molecule has 0 saturated heterocycles. The number of nitrogens with zero attached hydrogens (tertiary/aromatic N) is 2. The Labute approximate surface area is 132 Å². The lowest BCUT2D eigenvalue weighted by Crippen LogP contribution is -2.25. The third-order valence-electron chi connectivity index (χ3n) is 4.21. The lowest BCUT2D eigenvalue weighted by Gasteiger charge is -2.13. The summed E-state index contributed by atoms with van der Waals surface area (Å²) >= 11 is 0. The van der Waals surface area contributed by atoms with E-state index in [1.165, 1.54) is 10.7 Å². The van der Waals surface area contributed by atoms with Gasteiger partial charge in [-0.15, -0.1) is 0 Å². The molecular formula is C17H16N4O2. The number of hydrogen-bond acceptors (Lipinski definition) is 3. The molecule has 0 unspecified atom stereocenters. The maximum Gasteiger partial charge on any atom is 0.276 e. The van der Waals surface area contributed by atoms with Crippen molar-refractivity contribution in [2.45, 2.75) is 25.7 Å². The van der Waals surface area contributed by atoms with Crippen LogP contribution in [0.15, 0.2) is 41.3 Å². The average Bonchev–Trinajstić information content (AvgIpc) is 3.00. The lowest BCUT2D eigenvalue weighted by atomic mass is 9.97. The average molecular weight is 308 g/mol. The van der Waals surface area contributed by atoms with E-state index >= 15 is 0 Å². The maximum atomic E-state index is 12.5. The molecule has 2 aromatic heterocycles. The summed E-state index contributed by atoms with van der Waals surface area (Å²) in [6.45, 7) is 0. The van der Waals surface area contributed by atoms with Crippen molar-refractivity contribution in [3.63, 3.8) is 0 Å². The number of aryl methyl sites for hydroxylation is 1. The second-order valence-electron chi connectivity index (χ2n) is 5.72. The number of nitrogens with one attached hydrogen (secondary N) is 2. The van der Waals surface area contributed by atoms with E-state index in [4.69, 9.17) is 0 Å². The first kappa shape index (κ1) is 13.8. The molecule has 1 aromatic carbocycles. The molecule has 0 saturated carbocycles. The van der Waals surface area contributed by atoms with E-state index in [-0.39, 0.29) is 11.5 Å². The first-order chi connectivity index (χ1) is 11.2. The number of fused-ring (bicyclic) bond motifs is 2. The molecule has 0 bridgehead atoms. The van der Waals surface area contributed by atoms with E-state index in [1.54, 1.807) is 0 Å². The van der Waals surface area contributed by atoms with Crippen LogP contribution in [0.3, 0.4) is 0 Å². The van der Waals surface area contributed by atoms with Gasteiger partial charge in [-0.3, -0.25) is 14.7 Å². The topological polar surface area (TPSA) is 79.3 Å². The number of para-hydroxylation sites is 1. The third-order valence-corrected chi connectivity index (χ3v) is 4.21. The number of rotatable bonds is 2. The van der Waals surface area contributed by atoms with Gasteiger partial charge in [0, 0.05) is 17.4 Å². The highest BCUT2D eigenvalue weighted by atomic mass is 16.2. The van der Waals surface area contributed by atoms with E-state index in [2.05, 4.69) is 15.4 Å². The molecule has 2 N–H and O–H groups in total. The zero-order chi connectivity index (χ0) is 15.8. The van der Waals surface area contributed by atoms with Crippen LogP contribution in [0, 0.1) is 0 Å². The SMILES string of the molecule is O=C(Nc1ccccc1)c1c[nH]n2c(=O)c3c(nc12)CCCC3. The molecule has 0 fully saturated rings. The number of H-pyrrole nitrogens is 1. The van der Waals surface area contributed by atoms with Crippen LogP contribution in [0.1, 0.15) is 34.5 Å². The number of amides is 1. The van der Waals surface area contributed by atoms with Crippen molar-refractivity contribution in [3.8, 4) is 0 Å². The molecule has 1 amide bonds. The Hall–Kier alpha value is -2.89. The predicted octanol–water partition coefficient (Wildman–Crippen LogP) is 2.15. The summed E-state index contributed by atoms with van der Waals surface area (Å²) in [5.41, 5.74) is 2.98. The van der Waals surface area contributed by atoms with Crippen LogP contribution in [0.2, 0.25) is 0 Å². The summed E-state index contributed by atoms with van der Waals surface area (Å²) < 4.78 is 1.37. The number of benzene rings is 1. The molecule has 0 radical (unpaired) electrons. The number of carbonyl (C=O) groups is 1. The molecule has 4 rings (SSSR count). The van der Waals surface area contributed by atoms with Gasteiger partial charge in [0.2, 0.25) is 0 Å². The molecule has 0 spiro atoms. The van der Waals surface area contributed by atoms with Crippen LogP contribution in [0.25, 0.3) is 5.65 Å². The normalized spacial score (nSPS) is 13.7. The minimum atomic E-state index is -0.280. The summed E-state index contributed by atoms with van der Waals surface area (Å²) in [7, 11) is 0. The molecule has 116 valence electrons. The van der Waals surface area contributed by atoms with Crippen molar-refractivity contribution in [2.75, 3.05) is 5.32 Å². The Balaban J connectivity index is 1.78. The molecule has 6 heteroatoms. The minimum Gasteiger partial charge on any atom is -0.322 e. The fourth-order valence-corrected chi connectivity index (χ4v) is 3.03. The summed E-state index contributed by atoms with van der Waals surface area (Å²) in [6, 6.07) is 9.21. The van der Waals surface area contributed by atoms with Crippen LogP contribution >= 0.6 is 0 Å². The summed E-state index contributed by atoms with van der Waals surface area (Å²) in [5, 5.41) is 5.68. The van der Waals surface area contributed by atoms with Crippen LogP contribution in [-0.4, -0.2) is 20.5 Å². The van der Waals surface area contributed by atoms with Crippen molar-refractivity contribution >= 4 is 17.2 Å². The number of aromatic amines is 1. The summed E-state index contributed by atoms with van der Waals surface area (Å²) in [5.74, 6) is -0.280. The lowest BCUT2D eigenvalue weighted by molar-refractivity contribution is 0.102. The zero-order valence-corrected chi connectivity index (χ0v) is 12.5. The van der Waals surface area contributed by atoms with Gasteiger partial charge in [-0.1, -0.05) is 18.2 Å². The van der Waals surface area contributed by atoms with E-state index in [0.717, 1.165) is 36.9 Å². The highest BCUT2D eigenvalue weighted by Crippen LogP contribution is 2.18. The van der Waals surface area contributed by atoms with Gasteiger partial charge >= 0.3 is 0 Å². The van der Waals surface area contributed by atoms with Crippen molar-refractivity contribution in [2.24, 2.45) is 0 Å². The quantitative estimate of drug-likeness (QED) is 0.761. The third kappa shape index (κ3) is 2.32. The van der Waals surface area contributed by atoms with Crippen molar-refractivity contribution in [1.82, 2.24) is 14.6 Å². The number of anilines is 1. The fraction of sp³-hybridized carbons (Fsp3) is 0.235. The van der Waals surface area contributed by atoms with Crippen LogP contribution < -0.4 is 10.9 Å². The fourth-order valence-electron chi connectivity index (χ4n) is 3.03. The monoisotopic (exact) mass is 308 g/mol. The van der Waals surface area contributed by atoms with Crippen molar-refractivity contribution in [3.05, 3.63) is 63.7 Å². The highest BCUT2D eigenvalue weighted by Gasteiger charge is 2.21. The Bertz CT molecular complexity index is 940. The van der Waals surface area contributed by atoms with Gasteiger partial charge in [0.1, 0.15) is 5.56 Å². The van der Waals surface area contributed by atoms with Crippen LogP contribution in [0.4, 0.5) is 5.69 Å². The van der Waals surface area contributed by atoms with Gasteiger partial charge in [0.05, 0.1) is 5.69 Å². The van der Waals surface area contributed by atoms with Crippen molar-refractivity contribution in [1.29, 1.82) is 0 Å². The Morgan fingerprint density at radius 2 is 1.96 bits per heavy atom. The number of aromatic nitrogens is 3. The summed E-state index contributed by atoms with van der Waals surface area (Å²) in [4.78, 5) is 29.6. The molecular weight excluding hydrogens is 292 g/mol. The van der Waals surface area contributed by atoms with Gasteiger partial charge in [0.25, 0.3) is 11.5 Å². The molecule has 0 atom stereocenters. The largest absolute Gasteiger partial charge is 0.322 e.